The molecule has 0 aliphatic heterocycles. The van der Waals surface area contributed by atoms with E-state index in [1.807, 2.05) is 97.1 Å². The van der Waals surface area contributed by atoms with Crippen LogP contribution in [0.3, 0.4) is 0 Å². The Morgan fingerprint density at radius 3 is 1.94 bits per heavy atom. The fourth-order valence-electron chi connectivity index (χ4n) is 3.69. The summed E-state index contributed by atoms with van der Waals surface area (Å²) in [5.74, 6) is -0.355. The number of hydrogen-bond acceptors (Lipinski definition) is 3. The lowest BCUT2D eigenvalue weighted by molar-refractivity contribution is 0.101. The van der Waals surface area contributed by atoms with Crippen molar-refractivity contribution in [2.24, 2.45) is 0 Å². The van der Waals surface area contributed by atoms with Gasteiger partial charge < -0.3 is 10.6 Å². The summed E-state index contributed by atoms with van der Waals surface area (Å²) in [4.78, 5) is 29.6. The highest BCUT2D eigenvalue weighted by Crippen LogP contribution is 2.21. The predicted octanol–water partition coefficient (Wildman–Crippen LogP) is 6.41. The van der Waals surface area contributed by atoms with Gasteiger partial charge in [0.25, 0.3) is 11.8 Å². The number of hydrogen-bond donors (Lipinski definition) is 2. The Bertz CT molecular complexity index is 1460. The Kier molecular flexibility index (Phi) is 5.82. The van der Waals surface area contributed by atoms with Crippen molar-refractivity contribution in [1.82, 2.24) is 4.98 Å². The summed E-state index contributed by atoms with van der Waals surface area (Å²) in [7, 11) is 0. The molecule has 0 bridgehead atoms. The van der Waals surface area contributed by atoms with Gasteiger partial charge in [0.2, 0.25) is 0 Å². The van der Waals surface area contributed by atoms with E-state index in [9.17, 15) is 9.59 Å². The zero-order valence-corrected chi connectivity index (χ0v) is 18.2. The molecular formula is C29H21N3O2. The lowest BCUT2D eigenvalue weighted by Gasteiger charge is -2.08. The third-order valence-electron chi connectivity index (χ3n) is 5.51. The molecule has 34 heavy (non-hydrogen) atoms. The zero-order chi connectivity index (χ0) is 23.3. The van der Waals surface area contributed by atoms with E-state index in [2.05, 4.69) is 15.6 Å². The molecule has 5 rings (SSSR count). The fourth-order valence-corrected chi connectivity index (χ4v) is 3.69. The van der Waals surface area contributed by atoms with Crippen LogP contribution in [0.25, 0.3) is 22.0 Å². The molecule has 5 nitrogen and oxygen atoms in total. The van der Waals surface area contributed by atoms with E-state index in [0.717, 1.165) is 27.7 Å². The predicted molar refractivity (Wildman–Crippen MR) is 136 cm³/mol. The first kappa shape index (κ1) is 21.1. The highest BCUT2D eigenvalue weighted by Gasteiger charge is 2.09. The number of nitrogens with zero attached hydrogens (tertiary/aromatic N) is 1. The molecule has 2 amide bonds. The van der Waals surface area contributed by atoms with Crippen molar-refractivity contribution in [3.8, 4) is 11.3 Å². The molecule has 0 atom stereocenters. The van der Waals surface area contributed by atoms with E-state index in [1.54, 1.807) is 18.3 Å². The largest absolute Gasteiger partial charge is 0.322 e. The van der Waals surface area contributed by atoms with E-state index < -0.39 is 0 Å². The Morgan fingerprint density at radius 1 is 0.559 bits per heavy atom. The SMILES string of the molecule is O=C(Nc1ccccc1)c1ccc(-c2ccc(NC(=O)c3ccc4ccccc4c3)cn2)cc1. The summed E-state index contributed by atoms with van der Waals surface area (Å²) >= 11 is 0. The fraction of sp³-hybridized carbons (Fsp3) is 0. The molecule has 0 aliphatic rings. The summed E-state index contributed by atoms with van der Waals surface area (Å²) < 4.78 is 0. The summed E-state index contributed by atoms with van der Waals surface area (Å²) in [5, 5.41) is 7.88. The molecule has 0 spiro atoms. The third kappa shape index (κ3) is 4.69. The van der Waals surface area contributed by atoms with Gasteiger partial charge in [0.15, 0.2) is 0 Å². The second kappa shape index (κ2) is 9.38. The van der Waals surface area contributed by atoms with Crippen LogP contribution in [0.1, 0.15) is 20.7 Å². The highest BCUT2D eigenvalue weighted by atomic mass is 16.2. The second-order valence-corrected chi connectivity index (χ2v) is 7.85. The van der Waals surface area contributed by atoms with Crippen LogP contribution in [-0.4, -0.2) is 16.8 Å². The third-order valence-corrected chi connectivity index (χ3v) is 5.51. The molecule has 0 aliphatic carbocycles. The first-order chi connectivity index (χ1) is 16.7. The molecule has 0 fully saturated rings. The standard InChI is InChI=1S/C29H21N3O2/c33-28(31-25-8-2-1-3-9-25)22-13-11-21(12-14-22)27-17-16-26(19-30-27)32-29(34)24-15-10-20-6-4-5-7-23(20)18-24/h1-19H,(H,31,33)(H,32,34). The topological polar surface area (TPSA) is 71.1 Å². The van der Waals surface area contributed by atoms with Gasteiger partial charge in [-0.25, -0.2) is 0 Å². The maximum absolute atomic E-state index is 12.7. The molecule has 1 heterocycles. The first-order valence-electron chi connectivity index (χ1n) is 10.9. The van der Waals surface area contributed by atoms with Crippen LogP contribution in [0.2, 0.25) is 0 Å². The molecule has 0 saturated heterocycles. The second-order valence-electron chi connectivity index (χ2n) is 7.85. The van der Waals surface area contributed by atoms with Gasteiger partial charge in [0, 0.05) is 22.4 Å². The number of aromatic nitrogens is 1. The number of para-hydroxylation sites is 1. The average molecular weight is 444 g/mol. The summed E-state index contributed by atoms with van der Waals surface area (Å²) in [6.07, 6.45) is 1.63. The number of rotatable bonds is 5. The van der Waals surface area contributed by atoms with Gasteiger partial charge in [0.1, 0.15) is 0 Å². The Labute approximate surface area is 197 Å². The molecule has 0 radical (unpaired) electrons. The van der Waals surface area contributed by atoms with Crippen LogP contribution in [0, 0.1) is 0 Å². The Morgan fingerprint density at radius 2 is 1.21 bits per heavy atom. The summed E-state index contributed by atoms with van der Waals surface area (Å²) in [5.41, 5.74) is 4.14. The number of nitrogens with one attached hydrogen (secondary N) is 2. The van der Waals surface area contributed by atoms with Crippen LogP contribution in [-0.2, 0) is 0 Å². The van der Waals surface area contributed by atoms with Crippen molar-refractivity contribution in [2.75, 3.05) is 10.6 Å². The highest BCUT2D eigenvalue weighted by molar-refractivity contribution is 6.06. The molecule has 2 N–H and O–H groups in total. The lowest BCUT2D eigenvalue weighted by atomic mass is 10.1. The minimum atomic E-state index is -0.186. The van der Waals surface area contributed by atoms with E-state index in [0.29, 0.717) is 16.8 Å². The zero-order valence-electron chi connectivity index (χ0n) is 18.2. The van der Waals surface area contributed by atoms with Crippen molar-refractivity contribution >= 4 is 34.0 Å². The van der Waals surface area contributed by atoms with Crippen LogP contribution < -0.4 is 10.6 Å². The number of fused-ring (bicyclic) bond motifs is 1. The number of benzene rings is 4. The van der Waals surface area contributed by atoms with Crippen molar-refractivity contribution in [3.63, 3.8) is 0 Å². The summed E-state index contributed by atoms with van der Waals surface area (Å²) in [6, 6.07) is 33.8. The number of pyridine rings is 1. The maximum atomic E-state index is 12.7. The molecular weight excluding hydrogens is 422 g/mol. The maximum Gasteiger partial charge on any atom is 0.255 e. The van der Waals surface area contributed by atoms with Crippen LogP contribution in [0.5, 0.6) is 0 Å². The average Bonchev–Trinajstić information content (AvgIpc) is 2.89. The van der Waals surface area contributed by atoms with Crippen molar-refractivity contribution in [1.29, 1.82) is 0 Å². The van der Waals surface area contributed by atoms with E-state index in [-0.39, 0.29) is 11.8 Å². The van der Waals surface area contributed by atoms with Crippen molar-refractivity contribution in [3.05, 3.63) is 127 Å². The quantitative estimate of drug-likeness (QED) is 0.330. The number of carbonyl (C=O) groups excluding carboxylic acids is 2. The molecule has 5 heteroatoms. The lowest BCUT2D eigenvalue weighted by Crippen LogP contribution is -2.12. The number of amides is 2. The minimum absolute atomic E-state index is 0.169. The molecule has 164 valence electrons. The molecule has 1 aromatic heterocycles. The monoisotopic (exact) mass is 443 g/mol. The van der Waals surface area contributed by atoms with Crippen LogP contribution in [0.4, 0.5) is 11.4 Å². The molecule has 5 aromatic rings. The van der Waals surface area contributed by atoms with E-state index in [1.165, 1.54) is 0 Å². The summed E-state index contributed by atoms with van der Waals surface area (Å²) in [6.45, 7) is 0. The van der Waals surface area contributed by atoms with E-state index >= 15 is 0 Å². The van der Waals surface area contributed by atoms with Crippen molar-refractivity contribution in [2.45, 2.75) is 0 Å². The molecule has 0 saturated carbocycles. The van der Waals surface area contributed by atoms with Gasteiger partial charge in [-0.15, -0.1) is 0 Å². The van der Waals surface area contributed by atoms with Crippen molar-refractivity contribution < 1.29 is 9.59 Å². The number of carbonyl (C=O) groups is 2. The first-order valence-corrected chi connectivity index (χ1v) is 10.9. The van der Waals surface area contributed by atoms with Gasteiger partial charge in [-0.3, -0.25) is 14.6 Å². The minimum Gasteiger partial charge on any atom is -0.322 e. The molecule has 4 aromatic carbocycles. The van der Waals surface area contributed by atoms with Gasteiger partial charge in [0.05, 0.1) is 17.6 Å². The smallest absolute Gasteiger partial charge is 0.255 e. The number of anilines is 2. The Hall–Kier alpha value is -4.77. The molecule has 0 unspecified atom stereocenters. The van der Waals surface area contributed by atoms with Gasteiger partial charge in [-0.2, -0.15) is 0 Å². The van der Waals surface area contributed by atoms with Gasteiger partial charge in [-0.1, -0.05) is 60.7 Å². The van der Waals surface area contributed by atoms with Gasteiger partial charge in [-0.05, 0) is 59.3 Å². The van der Waals surface area contributed by atoms with Gasteiger partial charge >= 0.3 is 0 Å². The van der Waals surface area contributed by atoms with E-state index in [4.69, 9.17) is 0 Å². The Balaban J connectivity index is 1.25. The van der Waals surface area contributed by atoms with Crippen LogP contribution in [0.15, 0.2) is 115 Å². The normalized spacial score (nSPS) is 10.6. The van der Waals surface area contributed by atoms with Crippen LogP contribution >= 0.6 is 0 Å².